The van der Waals surface area contributed by atoms with Gasteiger partial charge in [-0.2, -0.15) is 0 Å². The molecule has 0 atom stereocenters. The van der Waals surface area contributed by atoms with Gasteiger partial charge in [0.25, 0.3) is 0 Å². The SMILES string of the molecule is CN(Cc1ccccc1)C(=O)C(=O)NCCCN1CCCC1=O. The lowest BCUT2D eigenvalue weighted by Crippen LogP contribution is -2.41. The summed E-state index contributed by atoms with van der Waals surface area (Å²) in [4.78, 5) is 38.5. The van der Waals surface area contributed by atoms with Crippen LogP contribution in [0.25, 0.3) is 0 Å². The zero-order chi connectivity index (χ0) is 16.7. The number of carbonyl (C=O) groups is 3. The monoisotopic (exact) mass is 317 g/mol. The van der Waals surface area contributed by atoms with Crippen LogP contribution in [0.2, 0.25) is 0 Å². The van der Waals surface area contributed by atoms with E-state index in [0.717, 1.165) is 18.5 Å². The molecule has 124 valence electrons. The van der Waals surface area contributed by atoms with Gasteiger partial charge in [0.05, 0.1) is 0 Å². The Hall–Kier alpha value is -2.37. The molecule has 6 nitrogen and oxygen atoms in total. The second-order valence-corrected chi connectivity index (χ2v) is 5.74. The second kappa shape index (κ2) is 8.31. The summed E-state index contributed by atoms with van der Waals surface area (Å²) in [6, 6.07) is 9.52. The minimum atomic E-state index is -0.601. The van der Waals surface area contributed by atoms with Crippen LogP contribution in [-0.2, 0) is 20.9 Å². The number of benzene rings is 1. The van der Waals surface area contributed by atoms with Crippen LogP contribution in [0.1, 0.15) is 24.8 Å². The zero-order valence-corrected chi connectivity index (χ0v) is 13.5. The Balaban J connectivity index is 1.68. The Labute approximate surface area is 136 Å². The lowest BCUT2D eigenvalue weighted by Gasteiger charge is -2.17. The molecule has 0 bridgehead atoms. The number of carbonyl (C=O) groups excluding carboxylic acids is 3. The number of hydrogen-bond acceptors (Lipinski definition) is 3. The van der Waals surface area contributed by atoms with Gasteiger partial charge in [-0.1, -0.05) is 30.3 Å². The lowest BCUT2D eigenvalue weighted by molar-refractivity contribution is -0.145. The maximum atomic E-state index is 12.0. The fourth-order valence-corrected chi connectivity index (χ4v) is 2.59. The Kier molecular flexibility index (Phi) is 6.14. The summed E-state index contributed by atoms with van der Waals surface area (Å²) < 4.78 is 0. The largest absolute Gasteiger partial charge is 0.348 e. The molecule has 0 aromatic heterocycles. The Bertz CT molecular complexity index is 559. The van der Waals surface area contributed by atoms with Crippen LogP contribution >= 0.6 is 0 Å². The molecule has 1 heterocycles. The normalized spacial score (nSPS) is 14.0. The molecule has 0 aliphatic carbocycles. The van der Waals surface area contributed by atoms with Crippen LogP contribution in [0.15, 0.2) is 30.3 Å². The molecule has 23 heavy (non-hydrogen) atoms. The highest BCUT2D eigenvalue weighted by Crippen LogP contribution is 2.09. The van der Waals surface area contributed by atoms with Crippen LogP contribution in [0, 0.1) is 0 Å². The summed E-state index contributed by atoms with van der Waals surface area (Å²) in [5, 5.41) is 2.62. The quantitative estimate of drug-likeness (QED) is 0.622. The van der Waals surface area contributed by atoms with Gasteiger partial charge >= 0.3 is 11.8 Å². The van der Waals surface area contributed by atoms with E-state index in [1.807, 2.05) is 30.3 Å². The van der Waals surface area contributed by atoms with Gasteiger partial charge in [-0.15, -0.1) is 0 Å². The Morgan fingerprint density at radius 3 is 2.65 bits per heavy atom. The predicted molar refractivity (Wildman–Crippen MR) is 86.4 cm³/mol. The number of rotatable bonds is 6. The maximum Gasteiger partial charge on any atom is 0.311 e. The summed E-state index contributed by atoms with van der Waals surface area (Å²) >= 11 is 0. The number of nitrogens with one attached hydrogen (secondary N) is 1. The molecule has 1 aromatic rings. The lowest BCUT2D eigenvalue weighted by atomic mass is 10.2. The van der Waals surface area contributed by atoms with Gasteiger partial charge in [0.15, 0.2) is 0 Å². The fourth-order valence-electron chi connectivity index (χ4n) is 2.59. The van der Waals surface area contributed by atoms with Crippen LogP contribution in [-0.4, -0.2) is 54.2 Å². The first-order chi connectivity index (χ1) is 11.1. The molecule has 2 rings (SSSR count). The van der Waals surface area contributed by atoms with Gasteiger partial charge in [-0.3, -0.25) is 14.4 Å². The molecule has 0 radical (unpaired) electrons. The molecule has 0 saturated carbocycles. The summed E-state index contributed by atoms with van der Waals surface area (Å²) in [5.74, 6) is -0.975. The molecule has 1 aliphatic rings. The zero-order valence-electron chi connectivity index (χ0n) is 13.5. The van der Waals surface area contributed by atoms with Gasteiger partial charge in [0.1, 0.15) is 0 Å². The van der Waals surface area contributed by atoms with Crippen molar-refractivity contribution in [3.05, 3.63) is 35.9 Å². The van der Waals surface area contributed by atoms with Crippen LogP contribution in [0.5, 0.6) is 0 Å². The Morgan fingerprint density at radius 2 is 2.00 bits per heavy atom. The van der Waals surface area contributed by atoms with E-state index in [0.29, 0.717) is 32.5 Å². The van der Waals surface area contributed by atoms with Gasteiger partial charge in [0.2, 0.25) is 5.91 Å². The molecule has 1 aliphatic heterocycles. The minimum Gasteiger partial charge on any atom is -0.348 e. The number of nitrogens with zero attached hydrogens (tertiary/aromatic N) is 2. The van der Waals surface area contributed by atoms with Crippen molar-refractivity contribution in [3.8, 4) is 0 Å². The maximum absolute atomic E-state index is 12.0. The van der Waals surface area contributed by atoms with E-state index in [9.17, 15) is 14.4 Å². The van der Waals surface area contributed by atoms with Crippen molar-refractivity contribution >= 4 is 17.7 Å². The topological polar surface area (TPSA) is 69.7 Å². The fraction of sp³-hybridized carbons (Fsp3) is 0.471. The van der Waals surface area contributed by atoms with E-state index in [2.05, 4.69) is 5.32 Å². The molecule has 6 heteroatoms. The second-order valence-electron chi connectivity index (χ2n) is 5.74. The number of hydrogen-bond donors (Lipinski definition) is 1. The van der Waals surface area contributed by atoms with E-state index in [-0.39, 0.29) is 5.91 Å². The van der Waals surface area contributed by atoms with E-state index >= 15 is 0 Å². The van der Waals surface area contributed by atoms with Crippen LogP contribution in [0.4, 0.5) is 0 Å². The van der Waals surface area contributed by atoms with E-state index in [1.54, 1.807) is 11.9 Å². The molecule has 1 N–H and O–H groups in total. The third-order valence-corrected chi connectivity index (χ3v) is 3.87. The standard InChI is InChI=1S/C17H23N3O3/c1-19(13-14-7-3-2-4-8-14)17(23)16(22)18-10-6-12-20-11-5-9-15(20)21/h2-4,7-8H,5-6,9-13H2,1H3,(H,18,22). The van der Waals surface area contributed by atoms with Crippen molar-refractivity contribution in [2.45, 2.75) is 25.8 Å². The van der Waals surface area contributed by atoms with Crippen molar-refractivity contribution in [2.24, 2.45) is 0 Å². The first-order valence-corrected chi connectivity index (χ1v) is 7.93. The van der Waals surface area contributed by atoms with Gasteiger partial charge < -0.3 is 15.1 Å². The van der Waals surface area contributed by atoms with Crippen molar-refractivity contribution in [1.29, 1.82) is 0 Å². The molecule has 1 saturated heterocycles. The highest BCUT2D eigenvalue weighted by Gasteiger charge is 2.20. The molecular formula is C17H23N3O3. The van der Waals surface area contributed by atoms with E-state index in [1.165, 1.54) is 4.90 Å². The molecule has 3 amide bonds. The van der Waals surface area contributed by atoms with Crippen molar-refractivity contribution in [1.82, 2.24) is 15.1 Å². The average Bonchev–Trinajstić information content (AvgIpc) is 2.96. The van der Waals surface area contributed by atoms with Crippen LogP contribution in [0.3, 0.4) is 0 Å². The smallest absolute Gasteiger partial charge is 0.311 e. The average molecular weight is 317 g/mol. The van der Waals surface area contributed by atoms with Gasteiger partial charge in [0, 0.05) is 39.6 Å². The summed E-state index contributed by atoms with van der Waals surface area (Å²) in [6.45, 7) is 2.22. The molecule has 1 aromatic carbocycles. The third kappa shape index (κ3) is 5.09. The van der Waals surface area contributed by atoms with Crippen molar-refractivity contribution in [3.63, 3.8) is 0 Å². The molecule has 1 fully saturated rings. The Morgan fingerprint density at radius 1 is 1.26 bits per heavy atom. The minimum absolute atomic E-state index is 0.176. The number of likely N-dealkylation sites (tertiary alicyclic amines) is 1. The highest BCUT2D eigenvalue weighted by molar-refractivity contribution is 6.34. The molecular weight excluding hydrogens is 294 g/mol. The van der Waals surface area contributed by atoms with Gasteiger partial charge in [-0.05, 0) is 18.4 Å². The van der Waals surface area contributed by atoms with E-state index in [4.69, 9.17) is 0 Å². The highest BCUT2D eigenvalue weighted by atomic mass is 16.2. The van der Waals surface area contributed by atoms with Crippen LogP contribution < -0.4 is 5.32 Å². The molecule has 0 spiro atoms. The van der Waals surface area contributed by atoms with Gasteiger partial charge in [-0.25, -0.2) is 0 Å². The first-order valence-electron chi connectivity index (χ1n) is 7.93. The molecule has 0 unspecified atom stereocenters. The van der Waals surface area contributed by atoms with Crippen molar-refractivity contribution < 1.29 is 14.4 Å². The summed E-state index contributed by atoms with van der Waals surface area (Å²) in [5.41, 5.74) is 0.976. The third-order valence-electron chi connectivity index (χ3n) is 3.87. The van der Waals surface area contributed by atoms with E-state index < -0.39 is 11.8 Å². The van der Waals surface area contributed by atoms with Crippen molar-refractivity contribution in [2.75, 3.05) is 26.7 Å². The summed E-state index contributed by atoms with van der Waals surface area (Å²) in [6.07, 6.45) is 2.19. The first kappa shape index (κ1) is 17.0. The number of likely N-dealkylation sites (N-methyl/N-ethyl adjacent to an activating group) is 1. The number of amides is 3. The predicted octanol–water partition coefficient (Wildman–Crippen LogP) is 0.774. The summed E-state index contributed by atoms with van der Waals surface area (Å²) in [7, 11) is 1.61.